The van der Waals surface area contributed by atoms with Gasteiger partial charge in [-0.1, -0.05) is 100 Å². The van der Waals surface area contributed by atoms with Gasteiger partial charge in [-0.25, -0.2) is 0 Å². The maximum absolute atomic E-state index is 14.9. The standard InChI is InChI=1S/C41H55N5O5/c1-6-26(2)35(40(49)44-36(29-16-10-7-11-17-29)30-18-12-8-13-19-30)43-39(48)33-24-23-32(34-25-22-27(3)51-34)46(33)41(50)37(31-20-14-9-15-21-31)45-38(47)28(4)42-5/h7-8,10-13,16-19,22,25-26,28,31-33,35-37,42H,6,9,14-15,20-21,23-24H2,1-5H3,(H,43,48)(H,44,49)(H,45,47)/t26-,28-,32+,33-,35-,37-/m0/s1. The van der Waals surface area contributed by atoms with Gasteiger partial charge in [0.15, 0.2) is 0 Å². The zero-order valence-electron chi connectivity index (χ0n) is 30.7. The monoisotopic (exact) mass is 697 g/mol. The SMILES string of the molecule is CC[C@H](C)[C@H](NC(=O)[C@@H]1CC[C@H](c2ccc(C)o2)N1C(=O)[C@@H](NC(=O)[C@H](C)NC)C1CCCCC1)C(=O)NC(c1ccccc1)c1ccccc1. The molecule has 1 saturated heterocycles. The minimum atomic E-state index is -0.851. The Bertz CT molecular complexity index is 1570. The highest BCUT2D eigenvalue weighted by Gasteiger charge is 2.47. The van der Waals surface area contributed by atoms with Crippen LogP contribution in [-0.2, 0) is 19.2 Å². The number of furan rings is 1. The lowest BCUT2D eigenvalue weighted by atomic mass is 9.83. The lowest BCUT2D eigenvalue weighted by molar-refractivity contribution is -0.146. The molecule has 10 nitrogen and oxygen atoms in total. The molecule has 2 heterocycles. The molecule has 5 rings (SSSR count). The first-order chi connectivity index (χ1) is 24.6. The van der Waals surface area contributed by atoms with E-state index in [0.29, 0.717) is 30.8 Å². The molecular weight excluding hydrogens is 642 g/mol. The van der Waals surface area contributed by atoms with Crippen LogP contribution in [-0.4, -0.2) is 59.7 Å². The fourth-order valence-corrected chi connectivity index (χ4v) is 7.54. The highest BCUT2D eigenvalue weighted by molar-refractivity contribution is 5.95. The molecule has 2 aliphatic rings. The van der Waals surface area contributed by atoms with Crippen molar-refractivity contribution in [2.24, 2.45) is 11.8 Å². The van der Waals surface area contributed by atoms with Crippen molar-refractivity contribution in [1.82, 2.24) is 26.2 Å². The van der Waals surface area contributed by atoms with E-state index in [1.807, 2.05) is 93.6 Å². The summed E-state index contributed by atoms with van der Waals surface area (Å²) in [7, 11) is 1.71. The summed E-state index contributed by atoms with van der Waals surface area (Å²) in [5, 5.41) is 12.4. The molecule has 4 amide bonds. The molecule has 1 aliphatic carbocycles. The average Bonchev–Trinajstić information content (AvgIpc) is 3.81. The largest absolute Gasteiger partial charge is 0.464 e. The second kappa shape index (κ2) is 17.7. The quantitative estimate of drug-likeness (QED) is 0.170. The van der Waals surface area contributed by atoms with Crippen LogP contribution in [0.4, 0.5) is 0 Å². The molecule has 0 unspecified atom stereocenters. The van der Waals surface area contributed by atoms with Gasteiger partial charge >= 0.3 is 0 Å². The van der Waals surface area contributed by atoms with Crippen LogP contribution in [0.2, 0.25) is 0 Å². The van der Waals surface area contributed by atoms with Crippen LogP contribution in [0.3, 0.4) is 0 Å². The maximum Gasteiger partial charge on any atom is 0.246 e. The number of likely N-dealkylation sites (tertiary alicyclic amines) is 1. The summed E-state index contributed by atoms with van der Waals surface area (Å²) < 4.78 is 6.05. The zero-order valence-corrected chi connectivity index (χ0v) is 30.7. The minimum absolute atomic E-state index is 0.0471. The number of nitrogens with zero attached hydrogens (tertiary/aromatic N) is 1. The first kappa shape index (κ1) is 37.8. The topological polar surface area (TPSA) is 133 Å². The van der Waals surface area contributed by atoms with Crippen LogP contribution in [0.15, 0.2) is 77.2 Å². The van der Waals surface area contributed by atoms with E-state index in [4.69, 9.17) is 4.42 Å². The van der Waals surface area contributed by atoms with E-state index in [-0.39, 0.29) is 35.5 Å². The van der Waals surface area contributed by atoms with Crippen LogP contribution >= 0.6 is 0 Å². The summed E-state index contributed by atoms with van der Waals surface area (Å²) in [5.41, 5.74) is 1.86. The predicted molar refractivity (Wildman–Crippen MR) is 197 cm³/mol. The van der Waals surface area contributed by atoms with Crippen molar-refractivity contribution in [3.8, 4) is 0 Å². The minimum Gasteiger partial charge on any atom is -0.464 e. The summed E-state index contributed by atoms with van der Waals surface area (Å²) in [6, 6.07) is 19.4. The van der Waals surface area contributed by atoms with E-state index >= 15 is 0 Å². The van der Waals surface area contributed by atoms with Crippen molar-refractivity contribution in [1.29, 1.82) is 0 Å². The smallest absolute Gasteiger partial charge is 0.246 e. The Labute approximate surface area is 302 Å². The van der Waals surface area contributed by atoms with Crippen molar-refractivity contribution in [2.75, 3.05) is 7.05 Å². The molecule has 4 N–H and O–H groups in total. The highest BCUT2D eigenvalue weighted by Crippen LogP contribution is 2.39. The molecule has 274 valence electrons. The molecule has 51 heavy (non-hydrogen) atoms. The Balaban J connectivity index is 1.44. The Morgan fingerprint density at radius 2 is 1.41 bits per heavy atom. The number of hydrogen-bond donors (Lipinski definition) is 4. The van der Waals surface area contributed by atoms with Gasteiger partial charge < -0.3 is 30.6 Å². The molecule has 10 heteroatoms. The van der Waals surface area contributed by atoms with Gasteiger partial charge in [-0.3, -0.25) is 19.2 Å². The molecule has 2 fully saturated rings. The first-order valence-corrected chi connectivity index (χ1v) is 18.7. The molecule has 1 aromatic heterocycles. The summed E-state index contributed by atoms with van der Waals surface area (Å²) in [6.45, 7) is 7.56. The van der Waals surface area contributed by atoms with Gasteiger partial charge in [0.25, 0.3) is 0 Å². The fraction of sp³-hybridized carbons (Fsp3) is 0.512. The number of rotatable bonds is 14. The predicted octanol–water partition coefficient (Wildman–Crippen LogP) is 5.73. The Kier molecular flexibility index (Phi) is 13.1. The zero-order chi connectivity index (χ0) is 36.5. The summed E-state index contributed by atoms with van der Waals surface area (Å²) in [6.07, 6.45) is 6.26. The van der Waals surface area contributed by atoms with Gasteiger partial charge in [-0.15, -0.1) is 0 Å². The summed E-state index contributed by atoms with van der Waals surface area (Å²) in [4.78, 5) is 58.4. The van der Waals surface area contributed by atoms with Crippen LogP contribution in [0, 0.1) is 18.8 Å². The number of aryl methyl sites for hydroxylation is 1. The van der Waals surface area contributed by atoms with E-state index in [0.717, 1.165) is 43.2 Å². The van der Waals surface area contributed by atoms with E-state index in [2.05, 4.69) is 21.3 Å². The fourth-order valence-electron chi connectivity index (χ4n) is 7.54. The van der Waals surface area contributed by atoms with E-state index in [1.165, 1.54) is 0 Å². The number of hydrogen-bond acceptors (Lipinski definition) is 6. The summed E-state index contributed by atoms with van der Waals surface area (Å²) in [5.74, 6) is -0.134. The molecule has 0 radical (unpaired) electrons. The summed E-state index contributed by atoms with van der Waals surface area (Å²) >= 11 is 0. The number of nitrogens with one attached hydrogen (secondary N) is 4. The lowest BCUT2D eigenvalue weighted by Gasteiger charge is -2.37. The number of likely N-dealkylation sites (N-methyl/N-ethyl adjacent to an activating group) is 1. The average molecular weight is 698 g/mol. The second-order valence-electron chi connectivity index (χ2n) is 14.3. The Morgan fingerprint density at radius 3 is 1.96 bits per heavy atom. The van der Waals surface area contributed by atoms with Crippen molar-refractivity contribution >= 4 is 23.6 Å². The van der Waals surface area contributed by atoms with Gasteiger partial charge in [0.05, 0.1) is 18.1 Å². The molecule has 3 aromatic rings. The lowest BCUT2D eigenvalue weighted by Crippen LogP contribution is -2.60. The molecule has 6 atom stereocenters. The number of carbonyl (C=O) groups excluding carboxylic acids is 4. The van der Waals surface area contributed by atoms with E-state index in [9.17, 15) is 19.2 Å². The molecular formula is C41H55N5O5. The first-order valence-electron chi connectivity index (χ1n) is 18.7. The van der Waals surface area contributed by atoms with Gasteiger partial charge in [-0.05, 0) is 81.7 Å². The van der Waals surface area contributed by atoms with Gasteiger partial charge in [0, 0.05) is 0 Å². The third-order valence-electron chi connectivity index (χ3n) is 10.9. The molecule has 1 aliphatic heterocycles. The van der Waals surface area contributed by atoms with E-state index < -0.39 is 36.3 Å². The third-order valence-corrected chi connectivity index (χ3v) is 10.9. The van der Waals surface area contributed by atoms with E-state index in [1.54, 1.807) is 18.9 Å². The molecule has 0 spiro atoms. The van der Waals surface area contributed by atoms with Crippen molar-refractivity contribution in [2.45, 2.75) is 115 Å². The van der Waals surface area contributed by atoms with Crippen LogP contribution < -0.4 is 21.3 Å². The van der Waals surface area contributed by atoms with Crippen molar-refractivity contribution in [3.63, 3.8) is 0 Å². The highest BCUT2D eigenvalue weighted by atomic mass is 16.3. The number of benzene rings is 2. The van der Waals surface area contributed by atoms with Gasteiger partial charge in [-0.2, -0.15) is 0 Å². The number of carbonyl (C=O) groups is 4. The molecule has 2 aromatic carbocycles. The Morgan fingerprint density at radius 1 is 0.784 bits per heavy atom. The van der Waals surface area contributed by atoms with Crippen molar-refractivity contribution in [3.05, 3.63) is 95.4 Å². The van der Waals surface area contributed by atoms with Crippen molar-refractivity contribution < 1.29 is 23.6 Å². The van der Waals surface area contributed by atoms with Gasteiger partial charge in [0.1, 0.15) is 29.6 Å². The number of amides is 4. The normalized spacial score (nSPS) is 20.3. The molecule has 1 saturated carbocycles. The second-order valence-corrected chi connectivity index (χ2v) is 14.3. The maximum atomic E-state index is 14.9. The van der Waals surface area contributed by atoms with Crippen LogP contribution in [0.1, 0.15) is 107 Å². The Hall–Kier alpha value is -4.44. The third kappa shape index (κ3) is 9.08. The van der Waals surface area contributed by atoms with Crippen LogP contribution in [0.25, 0.3) is 0 Å². The van der Waals surface area contributed by atoms with Gasteiger partial charge in [0.2, 0.25) is 23.6 Å². The van der Waals surface area contributed by atoms with Crippen LogP contribution in [0.5, 0.6) is 0 Å². The molecule has 0 bridgehead atoms.